The third-order valence-electron chi connectivity index (χ3n) is 7.28. The van der Waals surface area contributed by atoms with Gasteiger partial charge < -0.3 is 36.2 Å². The van der Waals surface area contributed by atoms with E-state index in [4.69, 9.17) is 10.5 Å². The number of hydrogen-bond acceptors (Lipinski definition) is 8. The maximum Gasteiger partial charge on any atom is 0.328 e. The van der Waals surface area contributed by atoms with Crippen LogP contribution in [-0.4, -0.2) is 92.0 Å². The van der Waals surface area contributed by atoms with E-state index in [-0.39, 0.29) is 24.7 Å². The predicted molar refractivity (Wildman–Crippen MR) is 152 cm³/mol. The zero-order valence-corrected chi connectivity index (χ0v) is 22.9. The third kappa shape index (κ3) is 8.60. The highest BCUT2D eigenvalue weighted by Crippen LogP contribution is 2.15. The molecule has 0 unspecified atom stereocenters. The van der Waals surface area contributed by atoms with Crippen molar-refractivity contribution < 1.29 is 23.9 Å². The van der Waals surface area contributed by atoms with Gasteiger partial charge >= 0.3 is 5.97 Å². The molecule has 5 N–H and O–H groups in total. The Morgan fingerprint density at radius 2 is 1.20 bits per heavy atom. The molecule has 0 spiro atoms. The fourth-order valence-corrected chi connectivity index (χ4v) is 4.85. The Balaban J connectivity index is 1.47. The van der Waals surface area contributed by atoms with Gasteiger partial charge in [0.15, 0.2) is 0 Å². The number of carbonyl (C=O) groups excluding carboxylic acids is 4. The molecule has 0 radical (unpaired) electrons. The van der Waals surface area contributed by atoms with E-state index in [0.29, 0.717) is 37.3 Å². The summed E-state index contributed by atoms with van der Waals surface area (Å²) >= 11 is 0. The summed E-state index contributed by atoms with van der Waals surface area (Å²) in [5.74, 6) is -1.19. The summed E-state index contributed by atoms with van der Waals surface area (Å²) in [4.78, 5) is 54.8. The van der Waals surface area contributed by atoms with Gasteiger partial charge in [-0.15, -0.1) is 0 Å². The van der Waals surface area contributed by atoms with Crippen LogP contribution in [0.4, 0.5) is 11.4 Å². The number of hydrogen-bond donors (Lipinski definition) is 4. The van der Waals surface area contributed by atoms with E-state index in [2.05, 4.69) is 25.8 Å². The lowest BCUT2D eigenvalue weighted by Gasteiger charge is -2.34. The SMILES string of the molecule is COC(=O)[C@@H]1Cc2ccc(cc2)NC(=O)CCN2CCN(CCC(=O)Nc3ccc(cc3)C[C@@H](N)C(=O)N1)CC2. The molecular weight excluding hydrogens is 512 g/mol. The maximum absolute atomic E-state index is 12.8. The average Bonchev–Trinajstić information content (AvgIpc) is 2.96. The first-order chi connectivity index (χ1) is 19.3. The lowest BCUT2D eigenvalue weighted by Crippen LogP contribution is -2.50. The van der Waals surface area contributed by atoms with Crippen molar-refractivity contribution in [2.75, 3.05) is 57.0 Å². The molecule has 214 valence electrons. The smallest absolute Gasteiger partial charge is 0.328 e. The standard InChI is InChI=1S/C29H38N6O5/c1-40-29(39)25-19-21-4-8-23(9-5-21)32-27(37)11-13-35-16-14-34(15-17-35)12-10-26(36)31-22-6-2-20(3-7-22)18-24(30)28(38)33-25/h2-9,24-25H,10-19,30H2,1H3,(H,31,36)(H,32,37)(H,33,38)/t24-,25+/m1/s1. The summed E-state index contributed by atoms with van der Waals surface area (Å²) < 4.78 is 4.90. The van der Waals surface area contributed by atoms with E-state index in [1.165, 1.54) is 7.11 Å². The number of methoxy groups -OCH3 is 1. The number of ether oxygens (including phenoxy) is 1. The molecule has 1 fully saturated rings. The number of carbonyl (C=O) groups is 4. The number of nitrogens with two attached hydrogens (primary N) is 1. The average molecular weight is 551 g/mol. The molecule has 5 heterocycles. The Hall–Kier alpha value is -3.80. The molecule has 0 aliphatic carbocycles. The van der Waals surface area contributed by atoms with Gasteiger partial charge in [-0.05, 0) is 41.8 Å². The van der Waals surface area contributed by atoms with Crippen LogP contribution >= 0.6 is 0 Å². The van der Waals surface area contributed by atoms with Gasteiger partial charge in [0, 0.05) is 69.9 Å². The number of fused-ring (bicyclic) bond motifs is 3. The second kappa shape index (κ2) is 14.0. The molecule has 2 atom stereocenters. The van der Waals surface area contributed by atoms with Crippen molar-refractivity contribution in [3.63, 3.8) is 0 Å². The molecule has 40 heavy (non-hydrogen) atoms. The molecule has 2 aromatic carbocycles. The molecule has 3 amide bonds. The number of piperazine rings is 1. The topological polar surface area (TPSA) is 146 Å². The van der Waals surface area contributed by atoms with Gasteiger partial charge in [-0.2, -0.15) is 0 Å². The first-order valence-corrected chi connectivity index (χ1v) is 13.6. The lowest BCUT2D eigenvalue weighted by molar-refractivity contribution is -0.145. The van der Waals surface area contributed by atoms with Crippen LogP contribution in [0.1, 0.15) is 24.0 Å². The van der Waals surface area contributed by atoms with E-state index in [9.17, 15) is 19.2 Å². The second-order valence-electron chi connectivity index (χ2n) is 10.3. The van der Waals surface area contributed by atoms with Crippen LogP contribution in [0.15, 0.2) is 48.5 Å². The van der Waals surface area contributed by atoms with E-state index < -0.39 is 24.0 Å². The van der Waals surface area contributed by atoms with Crippen molar-refractivity contribution in [2.24, 2.45) is 5.73 Å². The Kier molecular flexibility index (Phi) is 10.2. The number of nitrogens with one attached hydrogen (secondary N) is 3. The molecule has 7 rings (SSSR count). The molecule has 2 aromatic rings. The fraction of sp³-hybridized carbons (Fsp3) is 0.448. The molecule has 11 heteroatoms. The number of nitrogens with zero attached hydrogens (tertiary/aromatic N) is 2. The number of anilines is 2. The first kappa shape index (κ1) is 29.2. The molecule has 1 saturated heterocycles. The Morgan fingerprint density at radius 3 is 1.65 bits per heavy atom. The van der Waals surface area contributed by atoms with Crippen molar-refractivity contribution in [1.29, 1.82) is 0 Å². The normalized spacial score (nSPS) is 25.1. The largest absolute Gasteiger partial charge is 0.467 e. The summed E-state index contributed by atoms with van der Waals surface area (Å²) in [5, 5.41) is 8.54. The van der Waals surface area contributed by atoms with Gasteiger partial charge in [0.1, 0.15) is 6.04 Å². The van der Waals surface area contributed by atoms with Gasteiger partial charge in [0.25, 0.3) is 0 Å². The second-order valence-corrected chi connectivity index (χ2v) is 10.3. The minimum atomic E-state index is -0.916. The Morgan fingerprint density at radius 1 is 0.750 bits per heavy atom. The van der Waals surface area contributed by atoms with Crippen molar-refractivity contribution in [3.8, 4) is 0 Å². The number of esters is 1. The molecule has 5 aliphatic rings. The van der Waals surface area contributed by atoms with Crippen LogP contribution in [0.3, 0.4) is 0 Å². The first-order valence-electron chi connectivity index (χ1n) is 13.6. The maximum atomic E-state index is 12.8. The predicted octanol–water partition coefficient (Wildman–Crippen LogP) is 0.745. The minimum Gasteiger partial charge on any atom is -0.467 e. The van der Waals surface area contributed by atoms with Crippen LogP contribution in [0.5, 0.6) is 0 Å². The molecule has 5 aliphatic heterocycles. The van der Waals surface area contributed by atoms with Crippen LogP contribution in [0.25, 0.3) is 0 Å². The Bertz CT molecular complexity index is 1180. The number of amides is 3. The zero-order valence-electron chi connectivity index (χ0n) is 22.9. The number of benzene rings is 2. The van der Waals surface area contributed by atoms with Gasteiger partial charge in [0.05, 0.1) is 13.2 Å². The molecule has 0 saturated carbocycles. The van der Waals surface area contributed by atoms with Crippen LogP contribution in [0, 0.1) is 0 Å². The highest BCUT2D eigenvalue weighted by molar-refractivity contribution is 5.91. The minimum absolute atomic E-state index is 0.0639. The monoisotopic (exact) mass is 550 g/mol. The van der Waals surface area contributed by atoms with Crippen molar-refractivity contribution >= 4 is 35.1 Å². The molecule has 11 nitrogen and oxygen atoms in total. The van der Waals surface area contributed by atoms with Gasteiger partial charge in [-0.25, -0.2) is 4.79 Å². The summed E-state index contributed by atoms with van der Waals surface area (Å²) in [6.07, 6.45) is 1.23. The fourth-order valence-electron chi connectivity index (χ4n) is 4.85. The van der Waals surface area contributed by atoms with Crippen LogP contribution in [0.2, 0.25) is 0 Å². The summed E-state index contributed by atoms with van der Waals surface area (Å²) in [5.41, 5.74) is 9.11. The zero-order chi connectivity index (χ0) is 28.5. The van der Waals surface area contributed by atoms with E-state index in [0.717, 1.165) is 37.3 Å². The number of rotatable bonds is 1. The van der Waals surface area contributed by atoms with E-state index in [1.807, 2.05) is 12.1 Å². The third-order valence-corrected chi connectivity index (χ3v) is 7.28. The van der Waals surface area contributed by atoms with Gasteiger partial charge in [0.2, 0.25) is 17.7 Å². The van der Waals surface area contributed by atoms with Crippen molar-refractivity contribution in [2.45, 2.75) is 37.8 Å². The quantitative estimate of drug-likeness (QED) is 0.381. The lowest BCUT2D eigenvalue weighted by atomic mass is 10.0. The summed E-state index contributed by atoms with van der Waals surface area (Å²) in [6.45, 7) is 4.74. The van der Waals surface area contributed by atoms with Gasteiger partial charge in [-0.1, -0.05) is 24.3 Å². The highest BCUT2D eigenvalue weighted by atomic mass is 16.5. The highest BCUT2D eigenvalue weighted by Gasteiger charge is 2.25. The van der Waals surface area contributed by atoms with Crippen molar-refractivity contribution in [1.82, 2.24) is 15.1 Å². The molecule has 6 bridgehead atoms. The van der Waals surface area contributed by atoms with Gasteiger partial charge in [-0.3, -0.25) is 14.4 Å². The Labute approximate surface area is 234 Å². The summed E-state index contributed by atoms with van der Waals surface area (Å²) in [7, 11) is 1.27. The van der Waals surface area contributed by atoms with E-state index >= 15 is 0 Å². The summed E-state index contributed by atoms with van der Waals surface area (Å²) in [6, 6.07) is 12.6. The van der Waals surface area contributed by atoms with Crippen LogP contribution < -0.4 is 21.7 Å². The molecule has 0 aromatic heterocycles. The van der Waals surface area contributed by atoms with Crippen molar-refractivity contribution in [3.05, 3.63) is 59.7 Å². The van der Waals surface area contributed by atoms with Crippen LogP contribution in [-0.2, 0) is 36.8 Å². The van der Waals surface area contributed by atoms with E-state index in [1.54, 1.807) is 36.4 Å². The molecular formula is C29H38N6O5.